The van der Waals surface area contributed by atoms with E-state index in [0.29, 0.717) is 11.1 Å². The van der Waals surface area contributed by atoms with Crippen LogP contribution in [0, 0.1) is 12.7 Å². The first-order valence-electron chi connectivity index (χ1n) is 7.67. The Morgan fingerprint density at radius 3 is 2.44 bits per heavy atom. The third kappa shape index (κ3) is 4.24. The molecule has 0 amide bonds. The largest absolute Gasteiger partial charge is 0.468 e. The topological polar surface area (TPSA) is 63.7 Å². The van der Waals surface area contributed by atoms with Crippen molar-refractivity contribution in [3.05, 3.63) is 65.5 Å². The number of ether oxygens (including phenoxy) is 1. The maximum atomic E-state index is 14.2. The van der Waals surface area contributed by atoms with Crippen molar-refractivity contribution in [1.29, 1.82) is 0 Å². The fraction of sp³-hybridized carbons (Fsp3) is 0.278. The van der Waals surface area contributed by atoms with E-state index >= 15 is 0 Å². The van der Waals surface area contributed by atoms with Crippen LogP contribution in [0.4, 0.5) is 4.39 Å². The second kappa shape index (κ2) is 7.76. The molecule has 0 aromatic heterocycles. The number of carbonyl (C=O) groups is 1. The molecule has 7 heteroatoms. The van der Waals surface area contributed by atoms with E-state index in [1.165, 1.54) is 26.2 Å². The van der Waals surface area contributed by atoms with Crippen LogP contribution in [0.15, 0.2) is 53.4 Å². The summed E-state index contributed by atoms with van der Waals surface area (Å²) in [6, 6.07) is 11.5. The Labute approximate surface area is 147 Å². The molecule has 0 aliphatic heterocycles. The molecule has 25 heavy (non-hydrogen) atoms. The Hall–Kier alpha value is -2.25. The minimum absolute atomic E-state index is 0.0766. The lowest BCUT2D eigenvalue weighted by atomic mass is 10.2. The van der Waals surface area contributed by atoms with Crippen molar-refractivity contribution in [1.82, 2.24) is 4.31 Å². The Morgan fingerprint density at radius 1 is 1.20 bits per heavy atom. The third-order valence-electron chi connectivity index (χ3n) is 3.83. The SMILES string of the molecule is COC(=O)[C@H](C)N(Cc1ccccc1)S(=O)(=O)c1cc(C)ccc1F. The van der Waals surface area contributed by atoms with Gasteiger partial charge in [-0.2, -0.15) is 4.31 Å². The minimum Gasteiger partial charge on any atom is -0.468 e. The fourth-order valence-corrected chi connectivity index (χ4v) is 4.14. The summed E-state index contributed by atoms with van der Waals surface area (Å²) < 4.78 is 45.9. The highest BCUT2D eigenvalue weighted by Crippen LogP contribution is 2.25. The zero-order valence-electron chi connectivity index (χ0n) is 14.3. The second-order valence-corrected chi connectivity index (χ2v) is 7.53. The molecule has 0 unspecified atom stereocenters. The van der Waals surface area contributed by atoms with Gasteiger partial charge >= 0.3 is 5.97 Å². The molecule has 2 aromatic rings. The number of carbonyl (C=O) groups excluding carboxylic acids is 1. The van der Waals surface area contributed by atoms with Gasteiger partial charge in [-0.15, -0.1) is 0 Å². The van der Waals surface area contributed by atoms with Crippen LogP contribution in [0.2, 0.25) is 0 Å². The second-order valence-electron chi connectivity index (χ2n) is 5.67. The lowest BCUT2D eigenvalue weighted by Gasteiger charge is -2.27. The molecule has 0 spiro atoms. The predicted molar refractivity (Wildman–Crippen MR) is 91.8 cm³/mol. The number of methoxy groups -OCH3 is 1. The highest BCUT2D eigenvalue weighted by Gasteiger charge is 2.35. The first kappa shape index (κ1) is 19.1. The van der Waals surface area contributed by atoms with E-state index in [4.69, 9.17) is 0 Å². The molecule has 0 heterocycles. The van der Waals surface area contributed by atoms with Gasteiger partial charge < -0.3 is 4.74 Å². The number of benzene rings is 2. The zero-order chi connectivity index (χ0) is 18.6. The van der Waals surface area contributed by atoms with Crippen molar-refractivity contribution in [2.45, 2.75) is 31.3 Å². The Kier molecular flexibility index (Phi) is 5.92. The maximum absolute atomic E-state index is 14.2. The number of rotatable bonds is 6. The molecule has 2 rings (SSSR count). The van der Waals surface area contributed by atoms with Crippen LogP contribution in [0.1, 0.15) is 18.1 Å². The van der Waals surface area contributed by atoms with Crippen LogP contribution in [0.25, 0.3) is 0 Å². The minimum atomic E-state index is -4.25. The van der Waals surface area contributed by atoms with E-state index in [1.807, 2.05) is 0 Å². The van der Waals surface area contributed by atoms with Crippen LogP contribution < -0.4 is 0 Å². The van der Waals surface area contributed by atoms with Crippen LogP contribution in [-0.2, 0) is 26.1 Å². The molecule has 134 valence electrons. The van der Waals surface area contributed by atoms with Gasteiger partial charge in [0.25, 0.3) is 0 Å². The first-order chi connectivity index (χ1) is 11.8. The number of sulfonamides is 1. The Morgan fingerprint density at radius 2 is 1.84 bits per heavy atom. The van der Waals surface area contributed by atoms with Gasteiger partial charge in [0.15, 0.2) is 0 Å². The average molecular weight is 365 g/mol. The highest BCUT2D eigenvalue weighted by atomic mass is 32.2. The molecule has 0 N–H and O–H groups in total. The monoisotopic (exact) mass is 365 g/mol. The molecular formula is C18H20FNO4S. The molecule has 0 bridgehead atoms. The van der Waals surface area contributed by atoms with E-state index in [0.717, 1.165) is 10.4 Å². The quantitative estimate of drug-likeness (QED) is 0.739. The molecule has 0 aliphatic carbocycles. The van der Waals surface area contributed by atoms with Crippen LogP contribution in [0.5, 0.6) is 0 Å². The van der Waals surface area contributed by atoms with E-state index in [2.05, 4.69) is 4.74 Å². The first-order valence-corrected chi connectivity index (χ1v) is 9.11. The summed E-state index contributed by atoms with van der Waals surface area (Å²) in [5, 5.41) is 0. The molecule has 0 fully saturated rings. The van der Waals surface area contributed by atoms with Gasteiger partial charge in [0.05, 0.1) is 7.11 Å². The van der Waals surface area contributed by atoms with Gasteiger partial charge in [0.1, 0.15) is 16.8 Å². The summed E-state index contributed by atoms with van der Waals surface area (Å²) in [6.07, 6.45) is 0. The summed E-state index contributed by atoms with van der Waals surface area (Å²) in [5.41, 5.74) is 1.28. The van der Waals surface area contributed by atoms with Crippen LogP contribution in [-0.4, -0.2) is 31.8 Å². The van der Waals surface area contributed by atoms with Gasteiger partial charge in [-0.1, -0.05) is 36.4 Å². The summed E-state index contributed by atoms with van der Waals surface area (Å²) in [7, 11) is -3.07. The van der Waals surface area contributed by atoms with E-state index in [1.54, 1.807) is 37.3 Å². The lowest BCUT2D eigenvalue weighted by molar-refractivity contribution is -0.144. The van der Waals surface area contributed by atoms with Crippen molar-refractivity contribution in [2.24, 2.45) is 0 Å². The Bertz CT molecular complexity index is 853. The summed E-state index contributed by atoms with van der Waals surface area (Å²) in [4.78, 5) is 11.5. The summed E-state index contributed by atoms with van der Waals surface area (Å²) in [6.45, 7) is 3.01. The molecule has 5 nitrogen and oxygen atoms in total. The van der Waals surface area contributed by atoms with Crippen molar-refractivity contribution in [3.8, 4) is 0 Å². The van der Waals surface area contributed by atoms with E-state index in [9.17, 15) is 17.6 Å². The van der Waals surface area contributed by atoms with E-state index < -0.39 is 32.7 Å². The van der Waals surface area contributed by atoms with Gasteiger partial charge in [-0.3, -0.25) is 4.79 Å². The maximum Gasteiger partial charge on any atom is 0.323 e. The van der Waals surface area contributed by atoms with Crippen molar-refractivity contribution < 1.29 is 22.3 Å². The van der Waals surface area contributed by atoms with Gasteiger partial charge in [0, 0.05) is 6.54 Å². The average Bonchev–Trinajstić information content (AvgIpc) is 2.61. The smallest absolute Gasteiger partial charge is 0.323 e. The number of hydrogen-bond donors (Lipinski definition) is 0. The van der Waals surface area contributed by atoms with Crippen molar-refractivity contribution in [2.75, 3.05) is 7.11 Å². The lowest BCUT2D eigenvalue weighted by Crippen LogP contribution is -2.43. The molecule has 1 atom stereocenters. The predicted octanol–water partition coefficient (Wildman–Crippen LogP) is 2.89. The number of hydrogen-bond acceptors (Lipinski definition) is 4. The molecular weight excluding hydrogens is 345 g/mol. The standard InChI is InChI=1S/C18H20FNO4S/c1-13-9-10-16(19)17(11-13)25(22,23)20(14(2)18(21)24-3)12-15-7-5-4-6-8-15/h4-11,14H,12H2,1-3H3/t14-/m0/s1. The zero-order valence-corrected chi connectivity index (χ0v) is 15.1. The van der Waals surface area contributed by atoms with Gasteiger partial charge in [-0.25, -0.2) is 12.8 Å². The molecule has 0 saturated carbocycles. The third-order valence-corrected chi connectivity index (χ3v) is 5.76. The van der Waals surface area contributed by atoms with Gasteiger partial charge in [-0.05, 0) is 37.1 Å². The van der Waals surface area contributed by atoms with Crippen LogP contribution in [0.3, 0.4) is 0 Å². The highest BCUT2D eigenvalue weighted by molar-refractivity contribution is 7.89. The van der Waals surface area contributed by atoms with Crippen LogP contribution >= 0.6 is 0 Å². The van der Waals surface area contributed by atoms with Gasteiger partial charge in [0.2, 0.25) is 10.0 Å². The van der Waals surface area contributed by atoms with Crippen molar-refractivity contribution in [3.63, 3.8) is 0 Å². The van der Waals surface area contributed by atoms with Crippen molar-refractivity contribution >= 4 is 16.0 Å². The number of esters is 1. The fourth-order valence-electron chi connectivity index (χ4n) is 2.42. The summed E-state index contributed by atoms with van der Waals surface area (Å²) in [5.74, 6) is -1.58. The number of halogens is 1. The molecule has 2 aromatic carbocycles. The summed E-state index contributed by atoms with van der Waals surface area (Å²) >= 11 is 0. The number of nitrogens with zero attached hydrogens (tertiary/aromatic N) is 1. The van der Waals surface area contributed by atoms with E-state index in [-0.39, 0.29) is 6.54 Å². The number of aryl methyl sites for hydroxylation is 1. The Balaban J connectivity index is 2.53. The normalized spacial score (nSPS) is 12.8. The molecule has 0 aliphatic rings. The molecule has 0 radical (unpaired) electrons. The molecule has 0 saturated heterocycles.